The minimum atomic E-state index is -2.87. The number of nitrogens with one attached hydrogen (secondary N) is 1. The van der Waals surface area contributed by atoms with E-state index in [1.165, 1.54) is 12.1 Å². The molecule has 1 amide bonds. The Balaban J connectivity index is 2.44. The molecule has 0 radical (unpaired) electrons. The van der Waals surface area contributed by atoms with Crippen LogP contribution in [-0.2, 0) is 16.0 Å². The van der Waals surface area contributed by atoms with Crippen LogP contribution in [0.15, 0.2) is 24.3 Å². The van der Waals surface area contributed by atoms with Crippen LogP contribution in [0.3, 0.4) is 0 Å². The number of carbonyl (C=O) groups is 2. The van der Waals surface area contributed by atoms with Gasteiger partial charge in [0.15, 0.2) is 0 Å². The third-order valence-corrected chi connectivity index (χ3v) is 3.27. The number of aliphatic carboxylic acids is 1. The number of aryl methyl sites for hydroxylation is 1. The number of amides is 1. The van der Waals surface area contributed by atoms with Gasteiger partial charge < -0.3 is 15.2 Å². The molecule has 1 aromatic rings. The van der Waals surface area contributed by atoms with E-state index in [4.69, 9.17) is 5.11 Å². The first-order chi connectivity index (χ1) is 10.9. The van der Waals surface area contributed by atoms with Crippen molar-refractivity contribution in [2.75, 3.05) is 0 Å². The highest BCUT2D eigenvalue weighted by atomic mass is 19.3. The maximum atomic E-state index is 12.0. The molecule has 23 heavy (non-hydrogen) atoms. The average Bonchev–Trinajstić information content (AvgIpc) is 2.50. The lowest BCUT2D eigenvalue weighted by Crippen LogP contribution is -2.40. The fraction of sp³-hybridized carbons (Fsp3) is 0.500. The summed E-state index contributed by atoms with van der Waals surface area (Å²) >= 11 is 0. The number of alkyl halides is 2. The molecule has 0 unspecified atom stereocenters. The Morgan fingerprint density at radius 2 is 1.91 bits per heavy atom. The molecule has 1 atom stereocenters. The standard InChI is InChI=1S/C16H21F2NO4/c1-2-3-4-13(15(21)22)19-14(20)10-7-11-5-8-12(9-6-11)23-16(17)18/h5-6,8-9,13,16H,2-4,7,10H2,1H3,(H,19,20)(H,21,22)/t13-/m0/s1. The third kappa shape index (κ3) is 7.58. The maximum Gasteiger partial charge on any atom is 0.387 e. The molecule has 1 rings (SSSR count). The normalized spacial score (nSPS) is 12.0. The second-order valence-corrected chi connectivity index (χ2v) is 5.12. The van der Waals surface area contributed by atoms with Crippen molar-refractivity contribution in [2.24, 2.45) is 0 Å². The third-order valence-electron chi connectivity index (χ3n) is 3.27. The molecule has 0 aliphatic rings. The highest BCUT2D eigenvalue weighted by Gasteiger charge is 2.18. The van der Waals surface area contributed by atoms with Crippen LogP contribution in [0.5, 0.6) is 5.75 Å². The monoisotopic (exact) mass is 329 g/mol. The minimum Gasteiger partial charge on any atom is -0.480 e. The van der Waals surface area contributed by atoms with Gasteiger partial charge in [0.25, 0.3) is 0 Å². The SMILES string of the molecule is CCCC[C@H](NC(=O)CCc1ccc(OC(F)F)cc1)C(=O)O. The molecule has 0 heterocycles. The molecule has 0 spiro atoms. The number of carboxylic acids is 1. The number of rotatable bonds is 10. The van der Waals surface area contributed by atoms with E-state index in [0.29, 0.717) is 12.8 Å². The summed E-state index contributed by atoms with van der Waals surface area (Å²) < 4.78 is 28.3. The Bertz CT molecular complexity index is 505. The molecular weight excluding hydrogens is 308 g/mol. The second-order valence-electron chi connectivity index (χ2n) is 5.12. The molecule has 7 heteroatoms. The maximum absolute atomic E-state index is 12.0. The van der Waals surface area contributed by atoms with E-state index in [9.17, 15) is 18.4 Å². The minimum absolute atomic E-state index is 0.0544. The van der Waals surface area contributed by atoms with Crippen molar-refractivity contribution >= 4 is 11.9 Å². The Kier molecular flexibility index (Phi) is 8.01. The van der Waals surface area contributed by atoms with E-state index in [1.807, 2.05) is 6.92 Å². The predicted octanol–water partition coefficient (Wildman–Crippen LogP) is 2.98. The Morgan fingerprint density at radius 3 is 2.43 bits per heavy atom. The number of carboxylic acid groups (broad SMARTS) is 1. The fourth-order valence-electron chi connectivity index (χ4n) is 2.03. The van der Waals surface area contributed by atoms with Crippen LogP contribution >= 0.6 is 0 Å². The van der Waals surface area contributed by atoms with Crippen molar-refractivity contribution in [3.8, 4) is 5.75 Å². The molecule has 128 valence electrons. The summed E-state index contributed by atoms with van der Waals surface area (Å²) in [5.41, 5.74) is 0.780. The number of unbranched alkanes of at least 4 members (excludes halogenated alkanes) is 1. The lowest BCUT2D eigenvalue weighted by atomic mass is 10.1. The summed E-state index contributed by atoms with van der Waals surface area (Å²) in [6.45, 7) is -0.926. The summed E-state index contributed by atoms with van der Waals surface area (Å²) in [5.74, 6) is -1.33. The van der Waals surface area contributed by atoms with Crippen LogP contribution in [0.4, 0.5) is 8.78 Å². The molecule has 0 aliphatic carbocycles. The van der Waals surface area contributed by atoms with Crippen LogP contribution < -0.4 is 10.1 Å². The molecule has 0 saturated heterocycles. The zero-order valence-corrected chi connectivity index (χ0v) is 12.9. The molecule has 5 nitrogen and oxygen atoms in total. The van der Waals surface area contributed by atoms with E-state index < -0.39 is 18.6 Å². The first-order valence-electron chi connectivity index (χ1n) is 7.48. The average molecular weight is 329 g/mol. The molecule has 2 N–H and O–H groups in total. The van der Waals surface area contributed by atoms with Gasteiger partial charge in [-0.05, 0) is 30.5 Å². The number of ether oxygens (including phenoxy) is 1. The smallest absolute Gasteiger partial charge is 0.387 e. The van der Waals surface area contributed by atoms with Gasteiger partial charge in [-0.3, -0.25) is 4.79 Å². The number of hydrogen-bond acceptors (Lipinski definition) is 3. The van der Waals surface area contributed by atoms with E-state index in [1.54, 1.807) is 12.1 Å². The summed E-state index contributed by atoms with van der Waals surface area (Å²) in [4.78, 5) is 22.9. The number of hydrogen-bond donors (Lipinski definition) is 2. The van der Waals surface area contributed by atoms with Gasteiger partial charge in [0.05, 0.1) is 0 Å². The summed E-state index contributed by atoms with van der Waals surface area (Å²) in [7, 11) is 0. The van der Waals surface area contributed by atoms with Crippen molar-refractivity contribution in [3.05, 3.63) is 29.8 Å². The molecular formula is C16H21F2NO4. The fourth-order valence-corrected chi connectivity index (χ4v) is 2.03. The van der Waals surface area contributed by atoms with E-state index in [-0.39, 0.29) is 18.1 Å². The first kappa shape index (κ1) is 18.9. The van der Waals surface area contributed by atoms with Crippen LogP contribution in [0.2, 0.25) is 0 Å². The highest BCUT2D eigenvalue weighted by Crippen LogP contribution is 2.15. The topological polar surface area (TPSA) is 75.6 Å². The largest absolute Gasteiger partial charge is 0.480 e. The molecule has 0 saturated carbocycles. The van der Waals surface area contributed by atoms with Crippen molar-refractivity contribution in [2.45, 2.75) is 51.7 Å². The number of halogens is 2. The molecule has 1 aromatic carbocycles. The second kappa shape index (κ2) is 9.76. The van der Waals surface area contributed by atoms with Gasteiger partial charge in [-0.15, -0.1) is 0 Å². The highest BCUT2D eigenvalue weighted by molar-refractivity contribution is 5.83. The lowest BCUT2D eigenvalue weighted by Gasteiger charge is -2.14. The van der Waals surface area contributed by atoms with Crippen molar-refractivity contribution in [1.82, 2.24) is 5.32 Å². The van der Waals surface area contributed by atoms with Gasteiger partial charge >= 0.3 is 12.6 Å². The quantitative estimate of drug-likeness (QED) is 0.692. The van der Waals surface area contributed by atoms with E-state index in [2.05, 4.69) is 10.1 Å². The lowest BCUT2D eigenvalue weighted by molar-refractivity contribution is -0.142. The summed E-state index contributed by atoms with van der Waals surface area (Å²) in [6.07, 6.45) is 2.50. The molecule has 0 aromatic heterocycles. The molecule has 0 aliphatic heterocycles. The van der Waals surface area contributed by atoms with Crippen LogP contribution in [0.25, 0.3) is 0 Å². The zero-order valence-electron chi connectivity index (χ0n) is 12.9. The van der Waals surface area contributed by atoms with Crippen molar-refractivity contribution in [3.63, 3.8) is 0 Å². The molecule has 0 fully saturated rings. The summed E-state index contributed by atoms with van der Waals surface area (Å²) in [5, 5.41) is 11.5. The van der Waals surface area contributed by atoms with Gasteiger partial charge in [-0.25, -0.2) is 4.79 Å². The first-order valence-corrected chi connectivity index (χ1v) is 7.48. The summed E-state index contributed by atoms with van der Waals surface area (Å²) in [6, 6.07) is 5.12. The van der Waals surface area contributed by atoms with Crippen LogP contribution in [0.1, 0.15) is 38.2 Å². The van der Waals surface area contributed by atoms with Gasteiger partial charge in [0, 0.05) is 6.42 Å². The van der Waals surface area contributed by atoms with Crippen molar-refractivity contribution < 1.29 is 28.2 Å². The van der Waals surface area contributed by atoms with Gasteiger partial charge in [0.1, 0.15) is 11.8 Å². The Morgan fingerprint density at radius 1 is 1.26 bits per heavy atom. The molecule has 0 bridgehead atoms. The Hall–Kier alpha value is -2.18. The van der Waals surface area contributed by atoms with Crippen LogP contribution in [-0.4, -0.2) is 29.6 Å². The zero-order chi connectivity index (χ0) is 17.2. The van der Waals surface area contributed by atoms with Crippen molar-refractivity contribution in [1.29, 1.82) is 0 Å². The van der Waals surface area contributed by atoms with E-state index in [0.717, 1.165) is 18.4 Å². The Labute approximate surface area is 133 Å². The van der Waals surface area contributed by atoms with Gasteiger partial charge in [0.2, 0.25) is 5.91 Å². The number of carbonyl (C=O) groups excluding carboxylic acids is 1. The predicted molar refractivity (Wildman–Crippen MR) is 80.5 cm³/mol. The van der Waals surface area contributed by atoms with Gasteiger partial charge in [-0.1, -0.05) is 31.9 Å². The van der Waals surface area contributed by atoms with E-state index >= 15 is 0 Å². The van der Waals surface area contributed by atoms with Crippen LogP contribution in [0, 0.1) is 0 Å². The number of benzene rings is 1. The van der Waals surface area contributed by atoms with Gasteiger partial charge in [-0.2, -0.15) is 8.78 Å².